The van der Waals surface area contributed by atoms with Crippen molar-refractivity contribution in [2.75, 3.05) is 37.7 Å². The van der Waals surface area contributed by atoms with Gasteiger partial charge in [0.25, 0.3) is 11.8 Å². The predicted molar refractivity (Wildman–Crippen MR) is 99.0 cm³/mol. The number of unbranched alkanes of at least 4 members (excludes halogenated alkanes) is 1. The van der Waals surface area contributed by atoms with Crippen LogP contribution in [0.4, 0.5) is 5.88 Å². The van der Waals surface area contributed by atoms with Crippen LogP contribution in [0.5, 0.6) is 0 Å². The maximum absolute atomic E-state index is 12.4. The van der Waals surface area contributed by atoms with Crippen LogP contribution in [0.3, 0.4) is 0 Å². The Kier molecular flexibility index (Phi) is 5.08. The van der Waals surface area contributed by atoms with Crippen molar-refractivity contribution in [1.82, 2.24) is 9.88 Å². The zero-order valence-corrected chi connectivity index (χ0v) is 15.4. The monoisotopic (exact) mass is 380 g/mol. The number of benzene rings is 1. The van der Waals surface area contributed by atoms with Gasteiger partial charge >= 0.3 is 0 Å². The first-order valence-corrected chi connectivity index (χ1v) is 9.37. The van der Waals surface area contributed by atoms with E-state index in [-0.39, 0.29) is 17.5 Å². The van der Waals surface area contributed by atoms with Gasteiger partial charge in [-0.1, -0.05) is 12.1 Å². The third-order valence-corrected chi connectivity index (χ3v) is 4.96. The number of hydrogen-bond acceptors (Lipinski definition) is 7. The van der Waals surface area contributed by atoms with Gasteiger partial charge in [0.15, 0.2) is 5.89 Å². The maximum atomic E-state index is 12.4. The molecule has 1 fully saturated rings. The summed E-state index contributed by atoms with van der Waals surface area (Å²) in [6, 6.07) is 8.96. The van der Waals surface area contributed by atoms with Crippen molar-refractivity contribution in [2.45, 2.75) is 19.3 Å². The van der Waals surface area contributed by atoms with Crippen molar-refractivity contribution in [2.24, 2.45) is 0 Å². The number of amides is 2. The van der Waals surface area contributed by atoms with E-state index in [1.165, 1.54) is 4.90 Å². The highest BCUT2D eigenvalue weighted by molar-refractivity contribution is 6.21. The number of hydrogen-bond donors (Lipinski definition) is 0. The first-order chi connectivity index (χ1) is 13.7. The highest BCUT2D eigenvalue weighted by Gasteiger charge is 2.34. The van der Waals surface area contributed by atoms with E-state index in [2.05, 4.69) is 11.1 Å². The van der Waals surface area contributed by atoms with Crippen LogP contribution in [0, 0.1) is 11.3 Å². The Morgan fingerprint density at radius 2 is 1.75 bits per heavy atom. The number of fused-ring (bicyclic) bond motifs is 1. The van der Waals surface area contributed by atoms with Crippen molar-refractivity contribution >= 4 is 17.7 Å². The molecule has 2 aromatic rings. The third-order valence-electron chi connectivity index (χ3n) is 4.96. The number of anilines is 1. The lowest BCUT2D eigenvalue weighted by Gasteiger charge is -2.26. The number of imide groups is 1. The van der Waals surface area contributed by atoms with Crippen LogP contribution < -0.4 is 4.90 Å². The Morgan fingerprint density at radius 3 is 2.39 bits per heavy atom. The molecular weight excluding hydrogens is 360 g/mol. The van der Waals surface area contributed by atoms with Gasteiger partial charge in [-0.05, 0) is 25.0 Å². The number of carbonyl (C=O) groups excluding carboxylic acids is 2. The molecule has 3 heterocycles. The maximum Gasteiger partial charge on any atom is 0.261 e. The topological polar surface area (TPSA) is 99.7 Å². The SMILES string of the molecule is N#Cc1nc(CCCCN2C(=O)c3ccccc3C2=O)oc1N1CCOCC1. The molecule has 1 saturated heterocycles. The Hall–Kier alpha value is -3.18. The molecule has 0 N–H and O–H groups in total. The van der Waals surface area contributed by atoms with Crippen LogP contribution in [0.2, 0.25) is 0 Å². The van der Waals surface area contributed by atoms with Crippen LogP contribution >= 0.6 is 0 Å². The molecule has 1 aromatic carbocycles. The van der Waals surface area contributed by atoms with Gasteiger partial charge in [0, 0.05) is 26.1 Å². The van der Waals surface area contributed by atoms with E-state index in [0.717, 1.165) is 0 Å². The van der Waals surface area contributed by atoms with E-state index in [0.29, 0.717) is 75.0 Å². The molecule has 8 heteroatoms. The van der Waals surface area contributed by atoms with Gasteiger partial charge in [-0.2, -0.15) is 5.26 Å². The van der Waals surface area contributed by atoms with E-state index >= 15 is 0 Å². The fraction of sp³-hybridized carbons (Fsp3) is 0.400. The van der Waals surface area contributed by atoms with Crippen molar-refractivity contribution < 1.29 is 18.7 Å². The Bertz CT molecular complexity index is 905. The molecule has 144 valence electrons. The summed E-state index contributed by atoms with van der Waals surface area (Å²) in [4.78, 5) is 32.3. The minimum absolute atomic E-state index is 0.238. The summed E-state index contributed by atoms with van der Waals surface area (Å²) in [5, 5.41) is 9.31. The molecule has 0 atom stereocenters. The fourth-order valence-electron chi connectivity index (χ4n) is 3.50. The number of nitrogens with zero attached hydrogens (tertiary/aromatic N) is 4. The highest BCUT2D eigenvalue weighted by atomic mass is 16.5. The summed E-state index contributed by atoms with van der Waals surface area (Å²) in [5.41, 5.74) is 1.22. The Balaban J connectivity index is 1.33. The molecule has 2 aliphatic rings. The van der Waals surface area contributed by atoms with Crippen LogP contribution in [-0.2, 0) is 11.2 Å². The summed E-state index contributed by atoms with van der Waals surface area (Å²) in [6.45, 7) is 2.89. The highest BCUT2D eigenvalue weighted by Crippen LogP contribution is 2.25. The molecule has 0 bridgehead atoms. The molecule has 2 aliphatic heterocycles. The van der Waals surface area contributed by atoms with Gasteiger partial charge in [-0.25, -0.2) is 4.98 Å². The summed E-state index contributed by atoms with van der Waals surface area (Å²) < 4.78 is 11.1. The lowest BCUT2D eigenvalue weighted by molar-refractivity contribution is 0.0651. The largest absolute Gasteiger partial charge is 0.424 e. The van der Waals surface area contributed by atoms with Crippen LogP contribution in [-0.4, -0.2) is 54.5 Å². The standard InChI is InChI=1S/C20H20N4O4/c21-13-16-20(23-9-11-27-12-10-23)28-17(22-16)7-3-4-8-24-18(25)14-5-1-2-6-15(14)19(24)26/h1-2,5-6H,3-4,7-12H2. The second kappa shape index (κ2) is 7.82. The Labute approximate surface area is 162 Å². The minimum atomic E-state index is -0.238. The van der Waals surface area contributed by atoms with Crippen molar-refractivity contribution in [3.8, 4) is 6.07 Å². The van der Waals surface area contributed by atoms with Gasteiger partial charge in [0.05, 0.1) is 24.3 Å². The summed E-state index contributed by atoms with van der Waals surface area (Å²) in [6.07, 6.45) is 1.88. The van der Waals surface area contributed by atoms with Crippen LogP contribution in [0.1, 0.15) is 45.1 Å². The molecule has 0 radical (unpaired) electrons. The molecule has 0 unspecified atom stereocenters. The predicted octanol–water partition coefficient (Wildman–Crippen LogP) is 2.00. The van der Waals surface area contributed by atoms with E-state index in [4.69, 9.17) is 9.15 Å². The van der Waals surface area contributed by atoms with Crippen molar-refractivity contribution in [3.63, 3.8) is 0 Å². The molecule has 0 saturated carbocycles. The molecule has 8 nitrogen and oxygen atoms in total. The number of carbonyl (C=O) groups is 2. The first kappa shape index (κ1) is 18.2. The number of aromatic nitrogens is 1. The fourth-order valence-corrected chi connectivity index (χ4v) is 3.50. The molecule has 28 heavy (non-hydrogen) atoms. The molecule has 0 aliphatic carbocycles. The smallest absolute Gasteiger partial charge is 0.261 e. The van der Waals surface area contributed by atoms with E-state index in [9.17, 15) is 14.9 Å². The molecular formula is C20H20N4O4. The number of oxazole rings is 1. The molecule has 1 aromatic heterocycles. The average molecular weight is 380 g/mol. The van der Waals surface area contributed by atoms with Crippen LogP contribution in [0.25, 0.3) is 0 Å². The number of ether oxygens (including phenoxy) is 1. The summed E-state index contributed by atoms with van der Waals surface area (Å²) in [7, 11) is 0. The number of morpholine rings is 1. The zero-order valence-electron chi connectivity index (χ0n) is 15.4. The van der Waals surface area contributed by atoms with Gasteiger partial charge in [-0.3, -0.25) is 14.5 Å². The van der Waals surface area contributed by atoms with Gasteiger partial charge in [0.1, 0.15) is 6.07 Å². The number of aryl methyl sites for hydroxylation is 1. The van der Waals surface area contributed by atoms with Gasteiger partial charge in [0.2, 0.25) is 11.6 Å². The normalized spacial score (nSPS) is 16.4. The summed E-state index contributed by atoms with van der Waals surface area (Å²) >= 11 is 0. The van der Waals surface area contributed by atoms with Gasteiger partial charge in [-0.15, -0.1) is 0 Å². The van der Waals surface area contributed by atoms with Crippen molar-refractivity contribution in [1.29, 1.82) is 5.26 Å². The summed E-state index contributed by atoms with van der Waals surface area (Å²) in [5.74, 6) is 0.526. The van der Waals surface area contributed by atoms with E-state index in [1.54, 1.807) is 24.3 Å². The average Bonchev–Trinajstić information content (AvgIpc) is 3.26. The lowest BCUT2D eigenvalue weighted by Crippen LogP contribution is -2.36. The van der Waals surface area contributed by atoms with Crippen molar-refractivity contribution in [3.05, 3.63) is 47.0 Å². The third kappa shape index (κ3) is 3.37. The molecule has 2 amide bonds. The van der Waals surface area contributed by atoms with E-state index in [1.807, 2.05) is 4.90 Å². The number of rotatable bonds is 6. The second-order valence-corrected chi connectivity index (χ2v) is 6.74. The van der Waals surface area contributed by atoms with Gasteiger partial charge < -0.3 is 14.1 Å². The first-order valence-electron chi connectivity index (χ1n) is 9.37. The van der Waals surface area contributed by atoms with E-state index < -0.39 is 0 Å². The molecule has 4 rings (SSSR count). The second-order valence-electron chi connectivity index (χ2n) is 6.74. The lowest BCUT2D eigenvalue weighted by atomic mass is 10.1. The zero-order chi connectivity index (χ0) is 19.5. The minimum Gasteiger partial charge on any atom is -0.424 e. The number of nitriles is 1. The quantitative estimate of drug-likeness (QED) is 0.558. The molecule has 0 spiro atoms. The Morgan fingerprint density at radius 1 is 1.07 bits per heavy atom. The van der Waals surface area contributed by atoms with Crippen LogP contribution in [0.15, 0.2) is 28.7 Å².